The van der Waals surface area contributed by atoms with Crippen molar-refractivity contribution in [2.45, 2.75) is 27.7 Å². The standard InChI is InChI=1S/C24H27ClN4O3S/c1-16-10-17(2)12-21(11-16)28(33(5,31)32)15-24(30)27-26-14-20-13-18(3)29(19(20)4)23-9-7-6-8-22(23)25/h6-14H,15H2,1-5H3,(H,27,30)/b26-14-. The molecule has 174 valence electrons. The van der Waals surface area contributed by atoms with Crippen LogP contribution in [0.1, 0.15) is 28.1 Å². The Balaban J connectivity index is 1.77. The summed E-state index contributed by atoms with van der Waals surface area (Å²) in [4.78, 5) is 12.5. The zero-order chi connectivity index (χ0) is 24.3. The van der Waals surface area contributed by atoms with Gasteiger partial charge < -0.3 is 4.57 Å². The summed E-state index contributed by atoms with van der Waals surface area (Å²) in [5.74, 6) is -0.546. The highest BCUT2D eigenvalue weighted by Gasteiger charge is 2.21. The van der Waals surface area contributed by atoms with Gasteiger partial charge in [0.15, 0.2) is 0 Å². The van der Waals surface area contributed by atoms with Crippen LogP contribution in [0, 0.1) is 27.7 Å². The second-order valence-electron chi connectivity index (χ2n) is 8.02. The molecule has 9 heteroatoms. The summed E-state index contributed by atoms with van der Waals surface area (Å²) < 4.78 is 27.7. The molecule has 1 aromatic heterocycles. The van der Waals surface area contributed by atoms with Crippen LogP contribution in [0.15, 0.2) is 53.6 Å². The first-order valence-electron chi connectivity index (χ1n) is 10.3. The molecule has 1 heterocycles. The monoisotopic (exact) mass is 486 g/mol. The van der Waals surface area contributed by atoms with Gasteiger partial charge in [-0.2, -0.15) is 5.10 Å². The summed E-state index contributed by atoms with van der Waals surface area (Å²) in [6, 6.07) is 14.9. The highest BCUT2D eigenvalue weighted by atomic mass is 35.5. The minimum atomic E-state index is -3.66. The number of sulfonamides is 1. The van der Waals surface area contributed by atoms with Crippen LogP contribution in [-0.2, 0) is 14.8 Å². The van der Waals surface area contributed by atoms with Crippen molar-refractivity contribution >= 4 is 39.4 Å². The maximum Gasteiger partial charge on any atom is 0.260 e. The van der Waals surface area contributed by atoms with E-state index in [1.807, 2.05) is 68.7 Å². The Morgan fingerprint density at radius 1 is 1.09 bits per heavy atom. The number of nitrogens with one attached hydrogen (secondary N) is 1. The fourth-order valence-electron chi connectivity index (χ4n) is 3.76. The lowest BCUT2D eigenvalue weighted by Gasteiger charge is -2.22. The Morgan fingerprint density at radius 3 is 2.33 bits per heavy atom. The van der Waals surface area contributed by atoms with Crippen molar-refractivity contribution in [3.05, 3.63) is 81.6 Å². The molecule has 33 heavy (non-hydrogen) atoms. The van der Waals surface area contributed by atoms with Crippen LogP contribution in [0.3, 0.4) is 0 Å². The third kappa shape index (κ3) is 5.83. The van der Waals surface area contributed by atoms with E-state index in [1.165, 1.54) is 6.21 Å². The summed E-state index contributed by atoms with van der Waals surface area (Å²) in [5, 5.41) is 4.67. The van der Waals surface area contributed by atoms with Gasteiger partial charge in [0.1, 0.15) is 6.54 Å². The molecular formula is C24H27ClN4O3S. The molecule has 2 aromatic carbocycles. The number of benzene rings is 2. The van der Waals surface area contributed by atoms with Crippen molar-refractivity contribution in [3.63, 3.8) is 0 Å². The first-order valence-corrected chi connectivity index (χ1v) is 12.5. The van der Waals surface area contributed by atoms with Crippen molar-refractivity contribution < 1.29 is 13.2 Å². The molecule has 0 aliphatic heterocycles. The van der Waals surface area contributed by atoms with Gasteiger partial charge in [-0.3, -0.25) is 9.10 Å². The molecule has 3 rings (SSSR count). The molecule has 3 aromatic rings. The molecule has 0 bridgehead atoms. The van der Waals surface area contributed by atoms with Gasteiger partial charge in [0.25, 0.3) is 5.91 Å². The maximum absolute atomic E-state index is 12.5. The molecule has 0 aliphatic carbocycles. The van der Waals surface area contributed by atoms with E-state index in [0.717, 1.165) is 44.3 Å². The molecule has 0 radical (unpaired) electrons. The average molecular weight is 487 g/mol. The van der Waals surface area contributed by atoms with E-state index in [4.69, 9.17) is 11.6 Å². The number of nitrogens with zero attached hydrogens (tertiary/aromatic N) is 3. The number of rotatable bonds is 7. The fraction of sp³-hybridized carbons (Fsp3) is 0.250. The predicted octanol–water partition coefficient (Wildman–Crippen LogP) is 4.28. The van der Waals surface area contributed by atoms with Crippen LogP contribution in [0.2, 0.25) is 5.02 Å². The average Bonchev–Trinajstić information content (AvgIpc) is 2.98. The Kier molecular flexibility index (Phi) is 7.29. The molecule has 1 N–H and O–H groups in total. The van der Waals surface area contributed by atoms with Crippen molar-refractivity contribution in [1.82, 2.24) is 9.99 Å². The van der Waals surface area contributed by atoms with Gasteiger partial charge in [-0.25, -0.2) is 13.8 Å². The molecule has 1 amide bonds. The third-order valence-electron chi connectivity index (χ3n) is 5.14. The minimum absolute atomic E-state index is 0.377. The number of carbonyl (C=O) groups is 1. The lowest BCUT2D eigenvalue weighted by molar-refractivity contribution is -0.119. The Bertz CT molecular complexity index is 1310. The van der Waals surface area contributed by atoms with Gasteiger partial charge in [-0.1, -0.05) is 29.8 Å². The summed E-state index contributed by atoms with van der Waals surface area (Å²) in [5.41, 5.74) is 8.22. The van der Waals surface area contributed by atoms with Gasteiger partial charge in [0, 0.05) is 17.0 Å². The number of aryl methyl sites for hydroxylation is 3. The van der Waals surface area contributed by atoms with E-state index in [9.17, 15) is 13.2 Å². The number of para-hydroxylation sites is 1. The molecule has 0 atom stereocenters. The van der Waals surface area contributed by atoms with Crippen LogP contribution in [-0.4, -0.2) is 37.9 Å². The van der Waals surface area contributed by atoms with E-state index in [2.05, 4.69) is 10.5 Å². The van der Waals surface area contributed by atoms with Crippen LogP contribution in [0.25, 0.3) is 5.69 Å². The molecular weight excluding hydrogens is 460 g/mol. The van der Waals surface area contributed by atoms with E-state index < -0.39 is 15.9 Å². The SMILES string of the molecule is Cc1cc(C)cc(N(CC(=O)N/N=C\c2cc(C)n(-c3ccccc3Cl)c2C)S(C)(=O)=O)c1. The van der Waals surface area contributed by atoms with Gasteiger partial charge in [-0.05, 0) is 69.2 Å². The van der Waals surface area contributed by atoms with Gasteiger partial charge >= 0.3 is 0 Å². The quantitative estimate of drug-likeness (QED) is 0.399. The summed E-state index contributed by atoms with van der Waals surface area (Å²) >= 11 is 6.35. The first kappa shape index (κ1) is 24.5. The van der Waals surface area contributed by atoms with Crippen LogP contribution >= 0.6 is 11.6 Å². The molecule has 7 nitrogen and oxygen atoms in total. The molecule has 0 saturated heterocycles. The molecule has 0 aliphatic rings. The highest BCUT2D eigenvalue weighted by Crippen LogP contribution is 2.25. The predicted molar refractivity (Wildman–Crippen MR) is 134 cm³/mol. The molecule has 0 unspecified atom stereocenters. The summed E-state index contributed by atoms with van der Waals surface area (Å²) in [6.07, 6.45) is 2.61. The Morgan fingerprint density at radius 2 is 1.73 bits per heavy atom. The lowest BCUT2D eigenvalue weighted by atomic mass is 10.1. The number of hydrazone groups is 1. The summed E-state index contributed by atoms with van der Waals surface area (Å²) in [6.45, 7) is 7.27. The summed E-state index contributed by atoms with van der Waals surface area (Å²) in [7, 11) is -3.66. The van der Waals surface area contributed by atoms with Crippen molar-refractivity contribution in [2.24, 2.45) is 5.10 Å². The second-order valence-corrected chi connectivity index (χ2v) is 10.3. The highest BCUT2D eigenvalue weighted by molar-refractivity contribution is 7.92. The Labute approximate surface area is 199 Å². The number of hydrogen-bond donors (Lipinski definition) is 1. The smallest absolute Gasteiger partial charge is 0.260 e. The Hall–Kier alpha value is -3.10. The minimum Gasteiger partial charge on any atom is -0.316 e. The topological polar surface area (TPSA) is 83.8 Å². The molecule has 0 fully saturated rings. The zero-order valence-corrected chi connectivity index (χ0v) is 20.8. The largest absolute Gasteiger partial charge is 0.316 e. The van der Waals surface area contributed by atoms with Crippen LogP contribution in [0.4, 0.5) is 5.69 Å². The second kappa shape index (κ2) is 9.80. The maximum atomic E-state index is 12.5. The van der Waals surface area contributed by atoms with E-state index in [1.54, 1.807) is 12.1 Å². The number of aromatic nitrogens is 1. The number of halogens is 1. The van der Waals surface area contributed by atoms with Crippen molar-refractivity contribution in [2.75, 3.05) is 17.1 Å². The van der Waals surface area contributed by atoms with Crippen molar-refractivity contribution in [1.29, 1.82) is 0 Å². The van der Waals surface area contributed by atoms with Crippen molar-refractivity contribution in [3.8, 4) is 5.69 Å². The zero-order valence-electron chi connectivity index (χ0n) is 19.3. The fourth-order valence-corrected chi connectivity index (χ4v) is 4.82. The van der Waals surface area contributed by atoms with Crippen LogP contribution in [0.5, 0.6) is 0 Å². The number of amides is 1. The van der Waals surface area contributed by atoms with Gasteiger partial charge in [0.05, 0.1) is 28.9 Å². The third-order valence-corrected chi connectivity index (χ3v) is 6.60. The normalized spacial score (nSPS) is 11.7. The van der Waals surface area contributed by atoms with E-state index >= 15 is 0 Å². The van der Waals surface area contributed by atoms with Gasteiger partial charge in [-0.15, -0.1) is 0 Å². The number of anilines is 1. The van der Waals surface area contributed by atoms with E-state index in [-0.39, 0.29) is 6.54 Å². The molecule has 0 saturated carbocycles. The van der Waals surface area contributed by atoms with Crippen LogP contribution < -0.4 is 9.73 Å². The molecule has 0 spiro atoms. The first-order chi connectivity index (χ1) is 15.5. The lowest BCUT2D eigenvalue weighted by Crippen LogP contribution is -2.39. The van der Waals surface area contributed by atoms with E-state index in [0.29, 0.717) is 10.7 Å². The van der Waals surface area contributed by atoms with Gasteiger partial charge in [0.2, 0.25) is 10.0 Å². The number of hydrogen-bond acceptors (Lipinski definition) is 4. The number of carbonyl (C=O) groups excluding carboxylic acids is 1.